The second kappa shape index (κ2) is 8.68. The molecule has 0 spiro atoms. The fourth-order valence-corrected chi connectivity index (χ4v) is 5.05. The normalized spacial score (nSPS) is 18.8. The van der Waals surface area contributed by atoms with Crippen LogP contribution < -0.4 is 0 Å². The Morgan fingerprint density at radius 2 is 1.86 bits per heavy atom. The zero-order valence-corrected chi connectivity index (χ0v) is 17.7. The van der Waals surface area contributed by atoms with Crippen molar-refractivity contribution in [2.45, 2.75) is 80.8 Å². The molecule has 0 radical (unpaired) electrons. The molecule has 6 heteroatoms. The molecule has 150 valence electrons. The van der Waals surface area contributed by atoms with Crippen LogP contribution in [0.25, 0.3) is 0 Å². The van der Waals surface area contributed by atoms with E-state index in [2.05, 4.69) is 39.0 Å². The van der Waals surface area contributed by atoms with Crippen LogP contribution in [0.4, 0.5) is 0 Å². The van der Waals surface area contributed by atoms with E-state index in [4.69, 9.17) is 0 Å². The molecule has 1 atom stereocenters. The van der Waals surface area contributed by atoms with Gasteiger partial charge in [-0.15, -0.1) is 10.2 Å². The van der Waals surface area contributed by atoms with Crippen LogP contribution in [0.2, 0.25) is 0 Å². The average Bonchev–Trinajstić information content (AvgIpc) is 3.51. The second-order valence-electron chi connectivity index (χ2n) is 8.19. The van der Waals surface area contributed by atoms with Gasteiger partial charge in [-0.25, -0.2) is 0 Å². The van der Waals surface area contributed by atoms with E-state index in [9.17, 15) is 4.79 Å². The first kappa shape index (κ1) is 19.5. The van der Waals surface area contributed by atoms with E-state index in [1.807, 2.05) is 24.9 Å². The van der Waals surface area contributed by atoms with Crippen LogP contribution in [0.1, 0.15) is 69.2 Å². The van der Waals surface area contributed by atoms with E-state index in [0.29, 0.717) is 12.0 Å². The van der Waals surface area contributed by atoms with Crippen molar-refractivity contribution in [3.05, 3.63) is 41.7 Å². The zero-order chi connectivity index (χ0) is 19.5. The van der Waals surface area contributed by atoms with Crippen molar-refractivity contribution in [2.75, 3.05) is 7.05 Å². The van der Waals surface area contributed by atoms with Gasteiger partial charge in [0.15, 0.2) is 5.16 Å². The summed E-state index contributed by atoms with van der Waals surface area (Å²) in [6.07, 6.45) is 8.42. The fourth-order valence-electron chi connectivity index (χ4n) is 4.09. The number of hydrogen-bond acceptors (Lipinski definition) is 4. The minimum atomic E-state index is -0.155. The van der Waals surface area contributed by atoms with Gasteiger partial charge in [-0.05, 0) is 38.2 Å². The Balaban J connectivity index is 1.48. The summed E-state index contributed by atoms with van der Waals surface area (Å²) < 4.78 is 2.22. The van der Waals surface area contributed by atoms with Crippen molar-refractivity contribution >= 4 is 17.7 Å². The van der Waals surface area contributed by atoms with Gasteiger partial charge in [-0.1, -0.05) is 61.4 Å². The Morgan fingerprint density at radius 1 is 1.14 bits per heavy atom. The molecule has 1 amide bonds. The SMILES string of the molecule is CC(Sc1nnc(C2CC2)n1Cc1ccccc1)C(=O)N(C)C1CCCCC1. The van der Waals surface area contributed by atoms with Gasteiger partial charge < -0.3 is 9.47 Å². The largest absolute Gasteiger partial charge is 0.342 e. The van der Waals surface area contributed by atoms with Crippen LogP contribution in [-0.2, 0) is 11.3 Å². The molecule has 5 nitrogen and oxygen atoms in total. The molecule has 4 rings (SSSR count). The number of amides is 1. The minimum Gasteiger partial charge on any atom is -0.342 e. The van der Waals surface area contributed by atoms with Gasteiger partial charge in [0.05, 0.1) is 11.8 Å². The van der Waals surface area contributed by atoms with Crippen LogP contribution in [0.15, 0.2) is 35.5 Å². The summed E-state index contributed by atoms with van der Waals surface area (Å²) in [7, 11) is 1.97. The highest BCUT2D eigenvalue weighted by Gasteiger charge is 2.32. The van der Waals surface area contributed by atoms with E-state index in [1.165, 1.54) is 37.7 Å². The summed E-state index contributed by atoms with van der Waals surface area (Å²) in [6.45, 7) is 2.77. The Labute approximate surface area is 171 Å². The molecule has 1 heterocycles. The maximum absolute atomic E-state index is 13.0. The van der Waals surface area contributed by atoms with E-state index in [0.717, 1.165) is 30.4 Å². The molecular weight excluding hydrogens is 368 g/mol. The van der Waals surface area contributed by atoms with Gasteiger partial charge in [0.25, 0.3) is 0 Å². The summed E-state index contributed by atoms with van der Waals surface area (Å²) in [4.78, 5) is 15.0. The Hall–Kier alpha value is -1.82. The zero-order valence-electron chi connectivity index (χ0n) is 16.9. The molecule has 2 aliphatic rings. The molecule has 0 bridgehead atoms. The molecule has 2 aliphatic carbocycles. The summed E-state index contributed by atoms with van der Waals surface area (Å²) in [6, 6.07) is 10.8. The van der Waals surface area contributed by atoms with Gasteiger partial charge in [0.2, 0.25) is 5.91 Å². The molecule has 2 aromatic rings. The summed E-state index contributed by atoms with van der Waals surface area (Å²) >= 11 is 1.55. The van der Waals surface area contributed by atoms with Crippen molar-refractivity contribution in [1.29, 1.82) is 0 Å². The third-order valence-corrected chi connectivity index (χ3v) is 7.04. The number of thioether (sulfide) groups is 1. The number of hydrogen-bond donors (Lipinski definition) is 0. The average molecular weight is 399 g/mol. The number of rotatable bonds is 7. The molecule has 2 fully saturated rings. The number of carbonyl (C=O) groups is 1. The summed E-state index contributed by atoms with van der Waals surface area (Å²) in [5.41, 5.74) is 1.24. The third kappa shape index (κ3) is 4.43. The first-order valence-electron chi connectivity index (χ1n) is 10.5. The highest BCUT2D eigenvalue weighted by molar-refractivity contribution is 8.00. The maximum Gasteiger partial charge on any atom is 0.235 e. The summed E-state index contributed by atoms with van der Waals surface area (Å²) in [5, 5.41) is 9.67. The van der Waals surface area contributed by atoms with Gasteiger partial charge in [-0.3, -0.25) is 4.79 Å². The number of nitrogens with zero attached hydrogens (tertiary/aromatic N) is 4. The first-order chi connectivity index (χ1) is 13.6. The van der Waals surface area contributed by atoms with Crippen molar-refractivity contribution in [3.63, 3.8) is 0 Å². The van der Waals surface area contributed by atoms with Gasteiger partial charge in [0.1, 0.15) is 5.82 Å². The highest BCUT2D eigenvalue weighted by atomic mass is 32.2. The van der Waals surface area contributed by atoms with Gasteiger partial charge in [-0.2, -0.15) is 0 Å². The molecule has 0 saturated heterocycles. The van der Waals surface area contributed by atoms with Gasteiger partial charge >= 0.3 is 0 Å². The van der Waals surface area contributed by atoms with Crippen molar-refractivity contribution in [2.24, 2.45) is 0 Å². The first-order valence-corrected chi connectivity index (χ1v) is 11.4. The molecule has 1 aromatic heterocycles. The number of aromatic nitrogens is 3. The monoisotopic (exact) mass is 398 g/mol. The molecule has 1 unspecified atom stereocenters. The molecular formula is C22H30N4OS. The van der Waals surface area contributed by atoms with E-state index < -0.39 is 0 Å². The second-order valence-corrected chi connectivity index (χ2v) is 9.50. The van der Waals surface area contributed by atoms with Crippen molar-refractivity contribution in [1.82, 2.24) is 19.7 Å². The maximum atomic E-state index is 13.0. The van der Waals surface area contributed by atoms with Crippen LogP contribution in [-0.4, -0.2) is 43.9 Å². The lowest BCUT2D eigenvalue weighted by molar-refractivity contribution is -0.131. The van der Waals surface area contributed by atoms with Crippen molar-refractivity contribution in [3.8, 4) is 0 Å². The molecule has 0 N–H and O–H groups in total. The lowest BCUT2D eigenvalue weighted by Crippen LogP contribution is -2.42. The molecule has 0 aliphatic heterocycles. The predicted octanol–water partition coefficient (Wildman–Crippen LogP) is 4.48. The van der Waals surface area contributed by atoms with Crippen LogP contribution in [0.3, 0.4) is 0 Å². The minimum absolute atomic E-state index is 0.155. The van der Waals surface area contributed by atoms with E-state index in [1.54, 1.807) is 11.8 Å². The molecule has 28 heavy (non-hydrogen) atoms. The Morgan fingerprint density at radius 3 is 2.54 bits per heavy atom. The number of benzene rings is 1. The van der Waals surface area contributed by atoms with Crippen LogP contribution in [0.5, 0.6) is 0 Å². The fraction of sp³-hybridized carbons (Fsp3) is 0.591. The topological polar surface area (TPSA) is 51.0 Å². The predicted molar refractivity (Wildman–Crippen MR) is 113 cm³/mol. The quantitative estimate of drug-likeness (QED) is 0.646. The smallest absolute Gasteiger partial charge is 0.235 e. The van der Waals surface area contributed by atoms with Gasteiger partial charge in [0, 0.05) is 19.0 Å². The lowest BCUT2D eigenvalue weighted by atomic mass is 9.94. The third-order valence-electron chi connectivity index (χ3n) is 5.97. The Kier molecular flexibility index (Phi) is 6.04. The Bertz CT molecular complexity index is 796. The summed E-state index contributed by atoms with van der Waals surface area (Å²) in [5.74, 6) is 1.81. The van der Waals surface area contributed by atoms with E-state index in [-0.39, 0.29) is 11.2 Å². The van der Waals surface area contributed by atoms with E-state index >= 15 is 0 Å². The highest BCUT2D eigenvalue weighted by Crippen LogP contribution is 2.40. The standard InChI is InChI=1S/C22H30N4OS/c1-16(21(27)25(2)19-11-7-4-8-12-19)28-22-24-23-20(18-13-14-18)26(22)15-17-9-5-3-6-10-17/h3,5-6,9-10,16,18-19H,4,7-8,11-15H2,1-2H3. The molecule has 1 aromatic carbocycles. The van der Waals surface area contributed by atoms with Crippen molar-refractivity contribution < 1.29 is 4.79 Å². The molecule has 2 saturated carbocycles. The van der Waals surface area contributed by atoms with Crippen LogP contribution >= 0.6 is 11.8 Å². The van der Waals surface area contributed by atoms with Crippen LogP contribution in [0, 0.1) is 0 Å². The lowest BCUT2D eigenvalue weighted by Gasteiger charge is -2.32. The number of carbonyl (C=O) groups excluding carboxylic acids is 1.